The minimum atomic E-state index is -0.0578. The number of benzene rings is 1. The zero-order chi connectivity index (χ0) is 13.0. The number of hydrogen-bond donors (Lipinski definition) is 1. The molecular weight excluding hydrogens is 224 g/mol. The molecule has 0 bridgehead atoms. The van der Waals surface area contributed by atoms with Crippen molar-refractivity contribution in [2.75, 3.05) is 20.1 Å². The normalized spacial score (nSPS) is 20.7. The van der Waals surface area contributed by atoms with E-state index in [1.807, 2.05) is 49.2 Å². The summed E-state index contributed by atoms with van der Waals surface area (Å²) in [4.78, 5) is 14.2. The van der Waals surface area contributed by atoms with E-state index in [1.54, 1.807) is 0 Å². The van der Waals surface area contributed by atoms with Gasteiger partial charge in [0.15, 0.2) is 0 Å². The van der Waals surface area contributed by atoms with E-state index in [0.717, 1.165) is 18.7 Å². The topological polar surface area (TPSA) is 32.3 Å². The van der Waals surface area contributed by atoms with E-state index < -0.39 is 0 Å². The lowest BCUT2D eigenvalue weighted by Crippen LogP contribution is -2.40. The number of hydrogen-bond acceptors (Lipinski definition) is 2. The highest BCUT2D eigenvalue weighted by molar-refractivity contribution is 5.83. The average Bonchev–Trinajstić information content (AvgIpc) is 2.91. The van der Waals surface area contributed by atoms with Gasteiger partial charge in [-0.1, -0.05) is 30.3 Å². The summed E-state index contributed by atoms with van der Waals surface area (Å²) >= 11 is 0. The molecule has 98 valence electrons. The summed E-state index contributed by atoms with van der Waals surface area (Å²) in [6.07, 6.45) is 2.40. The van der Waals surface area contributed by atoms with Gasteiger partial charge < -0.3 is 10.2 Å². The van der Waals surface area contributed by atoms with Crippen LogP contribution in [0.1, 0.15) is 31.2 Å². The minimum Gasteiger partial charge on any atom is -0.344 e. The molecule has 1 aliphatic rings. The van der Waals surface area contributed by atoms with Crippen molar-refractivity contribution in [2.45, 2.75) is 31.7 Å². The highest BCUT2D eigenvalue weighted by atomic mass is 16.2. The molecule has 0 aliphatic carbocycles. The van der Waals surface area contributed by atoms with Crippen molar-refractivity contribution in [3.05, 3.63) is 35.9 Å². The first-order valence-electron chi connectivity index (χ1n) is 6.72. The van der Waals surface area contributed by atoms with E-state index in [4.69, 9.17) is 0 Å². The molecule has 1 amide bonds. The number of nitrogens with one attached hydrogen (secondary N) is 1. The molecule has 1 aromatic carbocycles. The minimum absolute atomic E-state index is 0.0578. The molecule has 3 heteroatoms. The Hall–Kier alpha value is -1.35. The number of carbonyl (C=O) groups is 1. The monoisotopic (exact) mass is 246 g/mol. The van der Waals surface area contributed by atoms with Crippen LogP contribution in [0.5, 0.6) is 0 Å². The first-order valence-corrected chi connectivity index (χ1v) is 6.72. The molecular formula is C15H22N2O. The van der Waals surface area contributed by atoms with Crippen LogP contribution in [0.25, 0.3) is 0 Å². The summed E-state index contributed by atoms with van der Waals surface area (Å²) in [6.45, 7) is 3.88. The van der Waals surface area contributed by atoms with Gasteiger partial charge in [0, 0.05) is 19.6 Å². The Balaban J connectivity index is 1.93. The summed E-state index contributed by atoms with van der Waals surface area (Å²) in [5, 5.41) is 3.43. The number of carbonyl (C=O) groups excluding carboxylic acids is 1. The lowest BCUT2D eigenvalue weighted by Gasteiger charge is -2.24. The van der Waals surface area contributed by atoms with Gasteiger partial charge in [-0.2, -0.15) is 0 Å². The zero-order valence-corrected chi connectivity index (χ0v) is 11.2. The summed E-state index contributed by atoms with van der Waals surface area (Å²) in [7, 11) is 1.90. The van der Waals surface area contributed by atoms with Gasteiger partial charge in [0.2, 0.25) is 5.91 Å². The molecule has 2 rings (SSSR count). The van der Waals surface area contributed by atoms with Gasteiger partial charge >= 0.3 is 0 Å². The molecule has 0 aromatic heterocycles. The van der Waals surface area contributed by atoms with Crippen molar-refractivity contribution in [1.82, 2.24) is 10.2 Å². The van der Waals surface area contributed by atoms with E-state index in [1.165, 1.54) is 12.8 Å². The fourth-order valence-electron chi connectivity index (χ4n) is 2.55. The second kappa shape index (κ2) is 6.01. The van der Waals surface area contributed by atoms with Crippen LogP contribution < -0.4 is 5.32 Å². The molecule has 0 spiro atoms. The van der Waals surface area contributed by atoms with Crippen LogP contribution in [0.3, 0.4) is 0 Å². The van der Waals surface area contributed by atoms with Crippen LogP contribution in [0, 0.1) is 0 Å². The highest BCUT2D eigenvalue weighted by Crippen LogP contribution is 2.17. The van der Waals surface area contributed by atoms with Crippen molar-refractivity contribution in [3.8, 4) is 0 Å². The lowest BCUT2D eigenvalue weighted by molar-refractivity contribution is -0.131. The van der Waals surface area contributed by atoms with Crippen molar-refractivity contribution >= 4 is 5.91 Å². The number of nitrogens with zero attached hydrogens (tertiary/aromatic N) is 1. The van der Waals surface area contributed by atoms with Gasteiger partial charge in [-0.15, -0.1) is 0 Å². The van der Waals surface area contributed by atoms with Crippen LogP contribution in [0.2, 0.25) is 0 Å². The maximum absolute atomic E-state index is 12.3. The third-order valence-corrected chi connectivity index (χ3v) is 3.70. The van der Waals surface area contributed by atoms with Gasteiger partial charge in [-0.05, 0) is 31.9 Å². The first-order chi connectivity index (χ1) is 8.68. The van der Waals surface area contributed by atoms with E-state index in [0.29, 0.717) is 6.04 Å². The average molecular weight is 246 g/mol. The summed E-state index contributed by atoms with van der Waals surface area (Å²) in [6, 6.07) is 10.5. The van der Waals surface area contributed by atoms with E-state index in [9.17, 15) is 4.79 Å². The van der Waals surface area contributed by atoms with Crippen LogP contribution in [0.15, 0.2) is 30.3 Å². The third-order valence-electron chi connectivity index (χ3n) is 3.70. The van der Waals surface area contributed by atoms with Gasteiger partial charge in [0.25, 0.3) is 0 Å². The Kier molecular flexibility index (Phi) is 4.37. The Morgan fingerprint density at radius 2 is 2.17 bits per heavy atom. The Labute approximate surface area is 109 Å². The largest absolute Gasteiger partial charge is 0.344 e. The van der Waals surface area contributed by atoms with Gasteiger partial charge in [0.05, 0.1) is 5.92 Å². The second-order valence-electron chi connectivity index (χ2n) is 5.14. The predicted molar refractivity (Wildman–Crippen MR) is 73.5 cm³/mol. The summed E-state index contributed by atoms with van der Waals surface area (Å²) < 4.78 is 0. The molecule has 3 nitrogen and oxygen atoms in total. The van der Waals surface area contributed by atoms with Gasteiger partial charge in [0.1, 0.15) is 0 Å². The Bertz CT molecular complexity index is 385. The van der Waals surface area contributed by atoms with E-state index in [-0.39, 0.29) is 11.8 Å². The first kappa shape index (κ1) is 13.1. The summed E-state index contributed by atoms with van der Waals surface area (Å²) in [5.74, 6) is 0.146. The predicted octanol–water partition coefficient (Wildman–Crippen LogP) is 2.00. The van der Waals surface area contributed by atoms with E-state index in [2.05, 4.69) is 5.32 Å². The van der Waals surface area contributed by atoms with Crippen molar-refractivity contribution in [2.24, 2.45) is 0 Å². The number of likely N-dealkylation sites (N-methyl/N-ethyl adjacent to an activating group) is 1. The quantitative estimate of drug-likeness (QED) is 0.881. The van der Waals surface area contributed by atoms with E-state index >= 15 is 0 Å². The molecule has 0 radical (unpaired) electrons. The van der Waals surface area contributed by atoms with Crippen LogP contribution in [0.4, 0.5) is 0 Å². The van der Waals surface area contributed by atoms with Crippen LogP contribution in [-0.4, -0.2) is 37.0 Å². The molecule has 1 aliphatic heterocycles. The highest BCUT2D eigenvalue weighted by Gasteiger charge is 2.22. The molecule has 1 N–H and O–H groups in total. The smallest absolute Gasteiger partial charge is 0.229 e. The summed E-state index contributed by atoms with van der Waals surface area (Å²) in [5.41, 5.74) is 1.09. The molecule has 1 saturated heterocycles. The zero-order valence-electron chi connectivity index (χ0n) is 11.2. The van der Waals surface area contributed by atoms with Crippen molar-refractivity contribution < 1.29 is 4.79 Å². The van der Waals surface area contributed by atoms with Gasteiger partial charge in [-0.25, -0.2) is 0 Å². The maximum atomic E-state index is 12.3. The fraction of sp³-hybridized carbons (Fsp3) is 0.533. The lowest BCUT2D eigenvalue weighted by atomic mass is 10.00. The van der Waals surface area contributed by atoms with Crippen molar-refractivity contribution in [1.29, 1.82) is 0 Å². The molecule has 0 saturated carbocycles. The van der Waals surface area contributed by atoms with Gasteiger partial charge in [-0.3, -0.25) is 4.79 Å². The van der Waals surface area contributed by atoms with Crippen LogP contribution in [-0.2, 0) is 4.79 Å². The number of rotatable bonds is 4. The Morgan fingerprint density at radius 1 is 1.44 bits per heavy atom. The molecule has 1 fully saturated rings. The number of amides is 1. The molecule has 2 atom stereocenters. The fourth-order valence-corrected chi connectivity index (χ4v) is 2.55. The molecule has 1 aromatic rings. The molecule has 18 heavy (non-hydrogen) atoms. The maximum Gasteiger partial charge on any atom is 0.229 e. The van der Waals surface area contributed by atoms with Crippen molar-refractivity contribution in [3.63, 3.8) is 0 Å². The standard InChI is InChI=1S/C15H22N2O/c1-12(13-7-4-3-5-8-13)15(18)17(2)11-14-9-6-10-16-14/h3-5,7-8,12,14,16H,6,9-11H2,1-2H3. The third kappa shape index (κ3) is 3.10. The Morgan fingerprint density at radius 3 is 2.78 bits per heavy atom. The molecule has 2 unspecified atom stereocenters. The SMILES string of the molecule is CC(C(=O)N(C)CC1CCCN1)c1ccccc1. The second-order valence-corrected chi connectivity index (χ2v) is 5.14. The molecule has 1 heterocycles. The van der Waals surface area contributed by atoms with Crippen LogP contribution >= 0.6 is 0 Å².